The molecule has 0 bridgehead atoms. The van der Waals surface area contributed by atoms with Gasteiger partial charge in [-0.3, -0.25) is 4.79 Å². The second-order valence-electron chi connectivity index (χ2n) is 8.38. The Kier molecular flexibility index (Phi) is 8.97. The number of halogens is 2. The average Bonchev–Trinajstić information content (AvgIpc) is 3.39. The molecule has 2 heterocycles. The number of esters is 1. The minimum atomic E-state index is -0.778. The van der Waals surface area contributed by atoms with Gasteiger partial charge in [0.05, 0.1) is 37.1 Å². The fourth-order valence-corrected chi connectivity index (χ4v) is 4.41. The molecule has 3 N–H and O–H groups in total. The maximum atomic E-state index is 12.3. The van der Waals surface area contributed by atoms with Gasteiger partial charge in [-0.2, -0.15) is 5.10 Å². The zero-order chi connectivity index (χ0) is 28.8. The first kappa shape index (κ1) is 28.5. The van der Waals surface area contributed by atoms with Crippen LogP contribution < -0.4 is 25.5 Å². The molecule has 1 aliphatic rings. The lowest BCUT2D eigenvalue weighted by molar-refractivity contribution is -0.136. The number of hydrogen-bond donors (Lipinski definition) is 3. The van der Waals surface area contributed by atoms with Crippen molar-refractivity contribution in [2.75, 3.05) is 20.8 Å². The van der Waals surface area contributed by atoms with Gasteiger partial charge in [-0.15, -0.1) is 0 Å². The number of ether oxygens (including phenoxy) is 3. The highest BCUT2D eigenvalue weighted by Crippen LogP contribution is 2.35. The molecular formula is C27H24Cl2N4O7. The van der Waals surface area contributed by atoms with E-state index in [1.807, 2.05) is 0 Å². The van der Waals surface area contributed by atoms with E-state index in [4.69, 9.17) is 41.8 Å². The fraction of sp³-hybridized carbons (Fsp3) is 0.185. The van der Waals surface area contributed by atoms with Gasteiger partial charge in [0.25, 0.3) is 5.91 Å². The first-order valence-electron chi connectivity index (χ1n) is 11.7. The molecule has 0 aliphatic carbocycles. The summed E-state index contributed by atoms with van der Waals surface area (Å²) < 4.78 is 21.6. The van der Waals surface area contributed by atoms with E-state index in [-0.39, 0.29) is 23.7 Å². The highest BCUT2D eigenvalue weighted by atomic mass is 35.5. The molecule has 0 saturated carbocycles. The molecule has 3 aromatic rings. The number of nitrogens with one attached hydrogen (secondary N) is 3. The van der Waals surface area contributed by atoms with Gasteiger partial charge in [-0.05, 0) is 55.0 Å². The molecule has 0 spiro atoms. The number of amides is 3. The fourth-order valence-electron chi connectivity index (χ4n) is 3.91. The first-order valence-corrected chi connectivity index (χ1v) is 12.5. The summed E-state index contributed by atoms with van der Waals surface area (Å²) in [5.41, 5.74) is 4.18. The van der Waals surface area contributed by atoms with Crippen LogP contribution in [0, 0.1) is 0 Å². The number of methoxy groups -OCH3 is 2. The third kappa shape index (κ3) is 6.56. The molecule has 2 aromatic carbocycles. The highest BCUT2D eigenvalue weighted by Gasteiger charge is 2.32. The van der Waals surface area contributed by atoms with E-state index in [1.54, 1.807) is 55.5 Å². The van der Waals surface area contributed by atoms with Crippen LogP contribution in [-0.2, 0) is 14.3 Å². The molecule has 11 nitrogen and oxygen atoms in total. The summed E-state index contributed by atoms with van der Waals surface area (Å²) in [5.74, 6) is 0.328. The zero-order valence-corrected chi connectivity index (χ0v) is 23.1. The van der Waals surface area contributed by atoms with Crippen LogP contribution in [0.2, 0.25) is 10.0 Å². The lowest BCUT2D eigenvalue weighted by atomic mass is 9.95. The third-order valence-electron chi connectivity index (χ3n) is 5.76. The molecule has 0 radical (unpaired) electrons. The largest absolute Gasteiger partial charge is 0.493 e. The number of benzene rings is 2. The number of carbonyl (C=O) groups excluding carboxylic acids is 3. The number of hydrogen-bond acceptors (Lipinski definition) is 8. The standard InChI is InChI=1S/C27H24Cl2N4O7/c1-14-24(26(35)38-3)25(32-27(36)31-14)15-4-8-21(22(10-15)37-2)39-13-23(34)33-30-12-17-6-9-20(40-17)18-7-5-16(28)11-19(18)29/h4-12,25H,13H2,1-3H3,(H,33,34)(H2,31,32,36)/b30-12-/t25-/m1/s1. The summed E-state index contributed by atoms with van der Waals surface area (Å²) in [5, 5.41) is 10.1. The second-order valence-corrected chi connectivity index (χ2v) is 9.22. The van der Waals surface area contributed by atoms with Crippen LogP contribution in [0.25, 0.3) is 11.3 Å². The van der Waals surface area contributed by atoms with Gasteiger partial charge < -0.3 is 29.3 Å². The summed E-state index contributed by atoms with van der Waals surface area (Å²) in [6.45, 7) is 1.24. The zero-order valence-electron chi connectivity index (χ0n) is 21.5. The second kappa shape index (κ2) is 12.6. The predicted molar refractivity (Wildman–Crippen MR) is 148 cm³/mol. The normalized spacial score (nSPS) is 14.9. The first-order chi connectivity index (χ1) is 19.2. The Labute approximate surface area is 239 Å². The topological polar surface area (TPSA) is 140 Å². The van der Waals surface area contributed by atoms with E-state index in [9.17, 15) is 14.4 Å². The van der Waals surface area contributed by atoms with Gasteiger partial charge >= 0.3 is 12.0 Å². The predicted octanol–water partition coefficient (Wildman–Crippen LogP) is 4.59. The summed E-state index contributed by atoms with van der Waals surface area (Å²) >= 11 is 12.1. The molecule has 1 atom stereocenters. The Morgan fingerprint density at radius 2 is 1.90 bits per heavy atom. The average molecular weight is 587 g/mol. The molecule has 0 saturated heterocycles. The number of furan rings is 1. The molecule has 1 aromatic heterocycles. The number of allylic oxidation sites excluding steroid dienone is 1. The van der Waals surface area contributed by atoms with Crippen molar-refractivity contribution >= 4 is 47.3 Å². The summed E-state index contributed by atoms with van der Waals surface area (Å²) in [6.07, 6.45) is 1.34. The molecule has 0 unspecified atom stereocenters. The van der Waals surface area contributed by atoms with Gasteiger partial charge in [-0.25, -0.2) is 15.0 Å². The van der Waals surface area contributed by atoms with Crippen LogP contribution in [0.1, 0.15) is 24.3 Å². The van der Waals surface area contributed by atoms with Crippen LogP contribution in [0.3, 0.4) is 0 Å². The minimum absolute atomic E-state index is 0.245. The van der Waals surface area contributed by atoms with E-state index >= 15 is 0 Å². The molecule has 208 valence electrons. The van der Waals surface area contributed by atoms with E-state index in [1.165, 1.54) is 20.4 Å². The van der Waals surface area contributed by atoms with Crippen LogP contribution in [0.4, 0.5) is 4.79 Å². The number of hydrazone groups is 1. The van der Waals surface area contributed by atoms with Crippen molar-refractivity contribution in [3.63, 3.8) is 0 Å². The number of nitrogens with zero attached hydrogens (tertiary/aromatic N) is 1. The summed E-state index contributed by atoms with van der Waals surface area (Å²) in [4.78, 5) is 36.7. The van der Waals surface area contributed by atoms with Crippen molar-refractivity contribution in [2.45, 2.75) is 13.0 Å². The van der Waals surface area contributed by atoms with Crippen LogP contribution in [-0.4, -0.2) is 44.9 Å². The Balaban J connectivity index is 1.38. The molecule has 3 amide bonds. The van der Waals surface area contributed by atoms with Gasteiger partial charge in [0.1, 0.15) is 11.5 Å². The maximum absolute atomic E-state index is 12.3. The van der Waals surface area contributed by atoms with E-state index in [0.717, 1.165) is 0 Å². The molecule has 13 heteroatoms. The monoisotopic (exact) mass is 586 g/mol. The summed E-state index contributed by atoms with van der Waals surface area (Å²) in [6, 6.07) is 12.0. The van der Waals surface area contributed by atoms with Gasteiger partial charge in [-0.1, -0.05) is 29.3 Å². The third-order valence-corrected chi connectivity index (χ3v) is 6.31. The number of carbonyl (C=O) groups is 3. The SMILES string of the molecule is COC(=O)C1=C(C)NC(=O)N[C@@H]1c1ccc(OCC(=O)N/N=C\c2ccc(-c3ccc(Cl)cc3Cl)o2)c(OC)c1. The Bertz CT molecular complexity index is 1520. The van der Waals surface area contributed by atoms with Crippen LogP contribution in [0.5, 0.6) is 11.5 Å². The smallest absolute Gasteiger partial charge is 0.337 e. The van der Waals surface area contributed by atoms with E-state index in [2.05, 4.69) is 21.2 Å². The van der Waals surface area contributed by atoms with Gasteiger partial charge in [0, 0.05) is 16.3 Å². The Morgan fingerprint density at radius 3 is 2.62 bits per heavy atom. The molecular weight excluding hydrogens is 563 g/mol. The van der Waals surface area contributed by atoms with Crippen LogP contribution >= 0.6 is 23.2 Å². The van der Waals surface area contributed by atoms with Crippen molar-refractivity contribution in [1.82, 2.24) is 16.1 Å². The number of rotatable bonds is 9. The van der Waals surface area contributed by atoms with Crippen molar-refractivity contribution in [3.8, 4) is 22.8 Å². The van der Waals surface area contributed by atoms with Gasteiger partial charge in [0.2, 0.25) is 0 Å². The maximum Gasteiger partial charge on any atom is 0.337 e. The lowest BCUT2D eigenvalue weighted by Gasteiger charge is -2.28. The quantitative estimate of drug-likeness (QED) is 0.189. The molecule has 0 fully saturated rings. The van der Waals surface area contributed by atoms with Gasteiger partial charge in [0.15, 0.2) is 18.1 Å². The van der Waals surface area contributed by atoms with Crippen molar-refractivity contribution < 1.29 is 33.0 Å². The summed E-state index contributed by atoms with van der Waals surface area (Å²) in [7, 11) is 2.68. The highest BCUT2D eigenvalue weighted by molar-refractivity contribution is 6.36. The Morgan fingerprint density at radius 1 is 1.10 bits per heavy atom. The molecule has 40 heavy (non-hydrogen) atoms. The van der Waals surface area contributed by atoms with E-state index < -0.39 is 23.9 Å². The molecule has 4 rings (SSSR count). The van der Waals surface area contributed by atoms with Crippen molar-refractivity contribution in [2.24, 2.45) is 5.10 Å². The lowest BCUT2D eigenvalue weighted by Crippen LogP contribution is -2.45. The van der Waals surface area contributed by atoms with E-state index in [0.29, 0.717) is 38.4 Å². The van der Waals surface area contributed by atoms with Crippen molar-refractivity contribution in [1.29, 1.82) is 0 Å². The minimum Gasteiger partial charge on any atom is -0.493 e. The Hall–Kier alpha value is -4.48. The van der Waals surface area contributed by atoms with Crippen LogP contribution in [0.15, 0.2) is 69.3 Å². The van der Waals surface area contributed by atoms with Crippen molar-refractivity contribution in [3.05, 3.63) is 81.2 Å². The number of urea groups is 1. The molecule has 1 aliphatic heterocycles.